The van der Waals surface area contributed by atoms with Gasteiger partial charge in [-0.15, -0.1) is 0 Å². The summed E-state index contributed by atoms with van der Waals surface area (Å²) in [5, 5.41) is 0. The van der Waals surface area contributed by atoms with Gasteiger partial charge in [-0.1, -0.05) is 13.0 Å². The number of hydrogen-bond acceptors (Lipinski definition) is 6. The molecular formula is C31H39N5O3. The average Bonchev–Trinajstić information content (AvgIpc) is 3.00. The molecule has 0 saturated heterocycles. The number of hydrogen-bond donors (Lipinski definition) is 0. The van der Waals surface area contributed by atoms with Crippen LogP contribution in [0, 0.1) is 5.41 Å². The first-order valence-electron chi connectivity index (χ1n) is 13.7. The van der Waals surface area contributed by atoms with Gasteiger partial charge in [-0.25, -0.2) is 0 Å². The van der Waals surface area contributed by atoms with Crippen LogP contribution in [0.2, 0.25) is 0 Å². The predicted molar refractivity (Wildman–Crippen MR) is 154 cm³/mol. The Bertz CT molecular complexity index is 1250. The van der Waals surface area contributed by atoms with Crippen molar-refractivity contribution in [2.45, 2.75) is 46.6 Å². The van der Waals surface area contributed by atoms with E-state index in [0.29, 0.717) is 24.6 Å². The van der Waals surface area contributed by atoms with Crippen LogP contribution in [0.5, 0.6) is 5.75 Å². The number of aromatic nitrogens is 2. The number of anilines is 2. The minimum absolute atomic E-state index is 0.172. The molecule has 0 saturated carbocycles. The third-order valence-electron chi connectivity index (χ3n) is 7.15. The second kappa shape index (κ2) is 12.8. The molecule has 2 amide bonds. The van der Waals surface area contributed by atoms with E-state index in [1.807, 2.05) is 49.8 Å². The molecule has 3 heterocycles. The number of nitrogens with zero attached hydrogens (tertiary/aromatic N) is 5. The van der Waals surface area contributed by atoms with Crippen molar-refractivity contribution in [3.63, 3.8) is 0 Å². The van der Waals surface area contributed by atoms with Gasteiger partial charge in [-0.05, 0) is 74.6 Å². The molecule has 1 aliphatic heterocycles. The highest BCUT2D eigenvalue weighted by Gasteiger charge is 2.45. The van der Waals surface area contributed by atoms with Crippen molar-refractivity contribution < 1.29 is 14.3 Å². The number of rotatable bonds is 12. The Morgan fingerprint density at radius 3 is 2.44 bits per heavy atom. The fourth-order valence-electron chi connectivity index (χ4n) is 4.93. The molecule has 2 aromatic heterocycles. The van der Waals surface area contributed by atoms with Gasteiger partial charge in [0.25, 0.3) is 0 Å². The monoisotopic (exact) mass is 529 g/mol. The number of benzene rings is 1. The molecule has 0 aliphatic carbocycles. The third-order valence-corrected chi connectivity index (χ3v) is 7.15. The maximum absolute atomic E-state index is 13.2. The SMILES string of the molecule is CCCN1C(=O)C(C)(C)C(=O)N(C)c2cc(OCCCN(CCc3cccnc3)Cc3ccncc3)ccc21. The number of amides is 2. The van der Waals surface area contributed by atoms with Crippen LogP contribution in [0.4, 0.5) is 11.4 Å². The number of ether oxygens (including phenoxy) is 1. The lowest BCUT2D eigenvalue weighted by atomic mass is 9.90. The number of carbonyl (C=O) groups is 2. The molecule has 39 heavy (non-hydrogen) atoms. The van der Waals surface area contributed by atoms with Crippen molar-refractivity contribution >= 4 is 23.2 Å². The molecule has 8 nitrogen and oxygen atoms in total. The summed E-state index contributed by atoms with van der Waals surface area (Å²) < 4.78 is 6.15. The summed E-state index contributed by atoms with van der Waals surface area (Å²) in [5.74, 6) is 0.298. The first kappa shape index (κ1) is 28.2. The van der Waals surface area contributed by atoms with Gasteiger partial charge in [0.15, 0.2) is 0 Å². The van der Waals surface area contributed by atoms with Crippen LogP contribution in [0.3, 0.4) is 0 Å². The first-order valence-corrected chi connectivity index (χ1v) is 13.7. The topological polar surface area (TPSA) is 78.9 Å². The molecule has 0 radical (unpaired) electrons. The highest BCUT2D eigenvalue weighted by atomic mass is 16.5. The van der Waals surface area contributed by atoms with Gasteiger partial charge in [0.05, 0.1) is 18.0 Å². The van der Waals surface area contributed by atoms with Crippen LogP contribution in [0.25, 0.3) is 0 Å². The number of fused-ring (bicyclic) bond motifs is 1. The molecule has 0 bridgehead atoms. The zero-order chi connectivity index (χ0) is 27.8. The Hall–Kier alpha value is -3.78. The van der Waals surface area contributed by atoms with Crippen LogP contribution >= 0.6 is 0 Å². The Balaban J connectivity index is 1.41. The predicted octanol–water partition coefficient (Wildman–Crippen LogP) is 4.74. The summed E-state index contributed by atoms with van der Waals surface area (Å²) in [6.45, 7) is 9.16. The molecule has 3 aromatic rings. The van der Waals surface area contributed by atoms with Gasteiger partial charge >= 0.3 is 0 Å². The highest BCUT2D eigenvalue weighted by molar-refractivity contribution is 6.20. The standard InChI is InChI=1S/C31H39N5O3/c1-5-17-36-27-10-9-26(21-28(27)34(4)29(37)31(2,3)30(36)38)39-20-7-18-35(23-25-11-15-32-16-12-25)19-13-24-8-6-14-33-22-24/h6,8-12,14-16,21-22H,5,7,13,17-20,23H2,1-4H3. The molecule has 0 N–H and O–H groups in total. The summed E-state index contributed by atoms with van der Waals surface area (Å²) >= 11 is 0. The first-order chi connectivity index (χ1) is 18.8. The normalized spacial score (nSPS) is 14.9. The van der Waals surface area contributed by atoms with E-state index in [2.05, 4.69) is 33.1 Å². The van der Waals surface area contributed by atoms with E-state index >= 15 is 0 Å². The summed E-state index contributed by atoms with van der Waals surface area (Å²) in [7, 11) is 1.73. The van der Waals surface area contributed by atoms with Crippen molar-refractivity contribution in [1.82, 2.24) is 14.9 Å². The Morgan fingerprint density at radius 2 is 1.72 bits per heavy atom. The second-order valence-electron chi connectivity index (χ2n) is 10.5. The molecule has 0 fully saturated rings. The van der Waals surface area contributed by atoms with Crippen LogP contribution in [-0.4, -0.2) is 60.0 Å². The number of carbonyl (C=O) groups excluding carboxylic acids is 2. The zero-order valence-corrected chi connectivity index (χ0v) is 23.5. The maximum atomic E-state index is 13.2. The van der Waals surface area contributed by atoms with Gasteiger partial charge in [0.1, 0.15) is 11.2 Å². The molecule has 0 unspecified atom stereocenters. The Kier molecular flexibility index (Phi) is 9.30. The van der Waals surface area contributed by atoms with E-state index < -0.39 is 5.41 Å². The van der Waals surface area contributed by atoms with E-state index in [1.54, 1.807) is 36.9 Å². The molecule has 4 rings (SSSR count). The summed E-state index contributed by atoms with van der Waals surface area (Å²) in [5.41, 5.74) is 2.76. The lowest BCUT2D eigenvalue weighted by molar-refractivity contribution is -0.137. The quantitative estimate of drug-likeness (QED) is 0.249. The van der Waals surface area contributed by atoms with Gasteiger partial charge in [-0.2, -0.15) is 0 Å². The lowest BCUT2D eigenvalue weighted by Gasteiger charge is -2.27. The van der Waals surface area contributed by atoms with Gasteiger partial charge in [0, 0.05) is 64.1 Å². The Morgan fingerprint density at radius 1 is 0.923 bits per heavy atom. The van der Waals surface area contributed by atoms with Crippen molar-refractivity contribution in [1.29, 1.82) is 0 Å². The van der Waals surface area contributed by atoms with E-state index in [-0.39, 0.29) is 11.8 Å². The van der Waals surface area contributed by atoms with Crippen LogP contribution in [-0.2, 0) is 22.6 Å². The molecular weight excluding hydrogens is 490 g/mol. The summed E-state index contributed by atoms with van der Waals surface area (Å²) in [6.07, 6.45) is 9.94. The van der Waals surface area contributed by atoms with Gasteiger partial charge in [0.2, 0.25) is 11.8 Å². The molecule has 8 heteroatoms. The smallest absolute Gasteiger partial charge is 0.242 e. The van der Waals surface area contributed by atoms with E-state index in [4.69, 9.17) is 4.74 Å². The van der Waals surface area contributed by atoms with Crippen LogP contribution in [0.15, 0.2) is 67.3 Å². The van der Waals surface area contributed by atoms with Crippen LogP contribution in [0.1, 0.15) is 44.7 Å². The highest BCUT2D eigenvalue weighted by Crippen LogP contribution is 2.40. The fraction of sp³-hybridized carbons (Fsp3) is 0.419. The molecule has 1 aromatic carbocycles. The van der Waals surface area contributed by atoms with Crippen LogP contribution < -0.4 is 14.5 Å². The minimum atomic E-state index is -1.13. The van der Waals surface area contributed by atoms with Crippen molar-refractivity contribution in [3.8, 4) is 5.75 Å². The lowest BCUT2D eigenvalue weighted by Crippen LogP contribution is -2.47. The summed E-state index contributed by atoms with van der Waals surface area (Å²) in [6, 6.07) is 13.8. The second-order valence-corrected chi connectivity index (χ2v) is 10.5. The van der Waals surface area contributed by atoms with E-state index in [9.17, 15) is 9.59 Å². The zero-order valence-electron chi connectivity index (χ0n) is 23.5. The van der Waals surface area contributed by atoms with Gasteiger partial charge < -0.3 is 14.5 Å². The fourth-order valence-corrected chi connectivity index (χ4v) is 4.93. The van der Waals surface area contributed by atoms with Gasteiger partial charge in [-0.3, -0.25) is 24.5 Å². The minimum Gasteiger partial charge on any atom is -0.493 e. The maximum Gasteiger partial charge on any atom is 0.242 e. The molecule has 0 spiro atoms. The molecule has 206 valence electrons. The average molecular weight is 530 g/mol. The number of pyridine rings is 2. The molecule has 0 atom stereocenters. The Labute approximate surface area is 231 Å². The van der Waals surface area contributed by atoms with Crippen molar-refractivity contribution in [2.24, 2.45) is 5.41 Å². The van der Waals surface area contributed by atoms with Crippen molar-refractivity contribution in [2.75, 3.05) is 43.1 Å². The summed E-state index contributed by atoms with van der Waals surface area (Å²) in [4.78, 5) is 40.5. The molecule has 1 aliphatic rings. The van der Waals surface area contributed by atoms with Crippen molar-refractivity contribution in [3.05, 3.63) is 78.4 Å². The van der Waals surface area contributed by atoms with E-state index in [0.717, 1.165) is 44.6 Å². The van der Waals surface area contributed by atoms with E-state index in [1.165, 1.54) is 11.1 Å². The largest absolute Gasteiger partial charge is 0.493 e. The third kappa shape index (κ3) is 6.81.